The van der Waals surface area contributed by atoms with E-state index in [-0.39, 0.29) is 30.6 Å². The second kappa shape index (κ2) is 7.16. The van der Waals surface area contributed by atoms with Crippen molar-refractivity contribution < 1.29 is 18.8 Å². The van der Waals surface area contributed by atoms with E-state index in [1.807, 2.05) is 6.07 Å². The molecule has 0 bridgehead atoms. The van der Waals surface area contributed by atoms with Crippen molar-refractivity contribution in [2.75, 3.05) is 0 Å². The van der Waals surface area contributed by atoms with Crippen molar-refractivity contribution in [3.8, 4) is 22.5 Å². The summed E-state index contributed by atoms with van der Waals surface area (Å²) in [5.41, 5.74) is 3.76. The predicted octanol–water partition coefficient (Wildman–Crippen LogP) is 2.65. The summed E-state index contributed by atoms with van der Waals surface area (Å²) < 4.78 is 16.2. The number of carbonyl (C=O) groups excluding carboxylic acids is 3. The van der Waals surface area contributed by atoms with Crippen molar-refractivity contribution in [1.29, 1.82) is 0 Å². The number of hydrogen-bond acceptors (Lipinski definition) is 4. The number of benzene rings is 2. The van der Waals surface area contributed by atoms with Crippen LogP contribution in [0.1, 0.15) is 28.8 Å². The van der Waals surface area contributed by atoms with Crippen molar-refractivity contribution in [3.63, 3.8) is 0 Å². The highest BCUT2D eigenvalue weighted by atomic mass is 19.1. The van der Waals surface area contributed by atoms with Crippen molar-refractivity contribution in [1.82, 2.24) is 19.8 Å². The summed E-state index contributed by atoms with van der Waals surface area (Å²) >= 11 is 0. The number of aromatic nitrogens is 2. The number of nitrogens with zero attached hydrogens (tertiary/aromatic N) is 3. The van der Waals surface area contributed by atoms with Gasteiger partial charge in [-0.1, -0.05) is 18.2 Å². The van der Waals surface area contributed by atoms with Gasteiger partial charge in [0.1, 0.15) is 11.9 Å². The van der Waals surface area contributed by atoms with E-state index in [1.165, 1.54) is 11.0 Å². The standard InChI is InChI=1S/C23H19FN4O3/c1-27-12-25-20(21(27)16-4-2-3-5-17(16)24)13-6-7-15-14(10-13)11-28(23(15)31)18-8-9-19(29)26-22(18)30/h2-7,10,12,18H,8-9,11H2,1H3,(H,26,29,30). The molecule has 8 heteroatoms. The van der Waals surface area contributed by atoms with E-state index < -0.39 is 11.9 Å². The van der Waals surface area contributed by atoms with Crippen molar-refractivity contribution >= 4 is 17.7 Å². The number of aryl methyl sites for hydroxylation is 1. The minimum absolute atomic E-state index is 0.210. The molecular weight excluding hydrogens is 399 g/mol. The highest BCUT2D eigenvalue weighted by Gasteiger charge is 2.39. The molecule has 156 valence electrons. The minimum Gasteiger partial charge on any atom is -0.333 e. The topological polar surface area (TPSA) is 84.3 Å². The lowest BCUT2D eigenvalue weighted by Crippen LogP contribution is -2.52. The normalized spacial score (nSPS) is 18.3. The number of carbonyl (C=O) groups is 3. The molecule has 5 rings (SSSR count). The Morgan fingerprint density at radius 2 is 1.90 bits per heavy atom. The minimum atomic E-state index is -0.662. The molecule has 1 unspecified atom stereocenters. The molecule has 0 radical (unpaired) electrons. The first-order valence-electron chi connectivity index (χ1n) is 9.98. The molecule has 1 atom stereocenters. The molecule has 2 aliphatic heterocycles. The quantitative estimate of drug-likeness (QED) is 0.663. The lowest BCUT2D eigenvalue weighted by Gasteiger charge is -2.29. The van der Waals surface area contributed by atoms with Crippen LogP contribution in [0.25, 0.3) is 22.5 Å². The van der Waals surface area contributed by atoms with Crippen LogP contribution in [-0.2, 0) is 23.2 Å². The summed E-state index contributed by atoms with van der Waals surface area (Å²) in [5.74, 6) is -1.33. The van der Waals surface area contributed by atoms with Crippen LogP contribution in [0.15, 0.2) is 48.8 Å². The first-order valence-corrected chi connectivity index (χ1v) is 9.98. The van der Waals surface area contributed by atoms with Crippen LogP contribution >= 0.6 is 0 Å². The largest absolute Gasteiger partial charge is 0.333 e. The zero-order valence-corrected chi connectivity index (χ0v) is 16.8. The average molecular weight is 418 g/mol. The number of amides is 3. The Balaban J connectivity index is 1.51. The van der Waals surface area contributed by atoms with E-state index >= 15 is 0 Å². The average Bonchev–Trinajstić information content (AvgIpc) is 3.28. The van der Waals surface area contributed by atoms with Crippen LogP contribution < -0.4 is 5.32 Å². The lowest BCUT2D eigenvalue weighted by atomic mass is 10.0. The van der Waals surface area contributed by atoms with E-state index in [2.05, 4.69) is 10.3 Å². The predicted molar refractivity (Wildman–Crippen MR) is 110 cm³/mol. The third kappa shape index (κ3) is 3.11. The van der Waals surface area contributed by atoms with Crippen molar-refractivity contribution in [2.45, 2.75) is 25.4 Å². The molecule has 3 amide bonds. The SMILES string of the molecule is Cn1cnc(-c2ccc3c(c2)CN(C2CCC(=O)NC2=O)C3=O)c1-c1ccccc1F. The van der Waals surface area contributed by atoms with Crippen LogP contribution in [0.5, 0.6) is 0 Å². The number of imidazole rings is 1. The molecule has 0 aliphatic carbocycles. The van der Waals surface area contributed by atoms with Gasteiger partial charge in [0.25, 0.3) is 5.91 Å². The third-order valence-corrected chi connectivity index (χ3v) is 5.86. The van der Waals surface area contributed by atoms with E-state index in [0.29, 0.717) is 28.9 Å². The van der Waals surface area contributed by atoms with Gasteiger partial charge in [-0.15, -0.1) is 0 Å². The van der Waals surface area contributed by atoms with E-state index in [9.17, 15) is 18.8 Å². The number of nitrogens with one attached hydrogen (secondary N) is 1. The Hall–Kier alpha value is -3.81. The Morgan fingerprint density at radius 3 is 2.68 bits per heavy atom. The smallest absolute Gasteiger partial charge is 0.255 e. The van der Waals surface area contributed by atoms with E-state index in [4.69, 9.17) is 0 Å². The molecule has 3 heterocycles. The molecule has 0 spiro atoms. The maximum absolute atomic E-state index is 14.5. The van der Waals surface area contributed by atoms with E-state index in [0.717, 1.165) is 11.1 Å². The maximum atomic E-state index is 14.5. The van der Waals surface area contributed by atoms with Gasteiger partial charge in [-0.3, -0.25) is 19.7 Å². The molecule has 2 aliphatic rings. The molecular formula is C23H19FN4O3. The first-order chi connectivity index (χ1) is 14.9. The second-order valence-electron chi connectivity index (χ2n) is 7.80. The zero-order valence-electron chi connectivity index (χ0n) is 16.8. The molecule has 1 aromatic heterocycles. The fourth-order valence-corrected chi connectivity index (χ4v) is 4.33. The number of imide groups is 1. The zero-order chi connectivity index (χ0) is 21.7. The lowest BCUT2D eigenvalue weighted by molar-refractivity contribution is -0.136. The summed E-state index contributed by atoms with van der Waals surface area (Å²) in [5, 5.41) is 2.30. The molecule has 2 aromatic carbocycles. The fraction of sp³-hybridized carbons (Fsp3) is 0.217. The highest BCUT2D eigenvalue weighted by Crippen LogP contribution is 2.35. The Labute approximate surface area is 177 Å². The maximum Gasteiger partial charge on any atom is 0.255 e. The van der Waals surface area contributed by atoms with Crippen LogP contribution in [0, 0.1) is 5.82 Å². The van der Waals surface area contributed by atoms with Gasteiger partial charge in [-0.2, -0.15) is 0 Å². The number of rotatable bonds is 3. The van der Waals surface area contributed by atoms with Gasteiger partial charge < -0.3 is 9.47 Å². The molecule has 31 heavy (non-hydrogen) atoms. The Kier molecular flexibility index (Phi) is 4.43. The highest BCUT2D eigenvalue weighted by molar-refractivity contribution is 6.05. The molecule has 0 saturated carbocycles. The van der Waals surface area contributed by atoms with Gasteiger partial charge in [0.05, 0.1) is 17.7 Å². The monoisotopic (exact) mass is 418 g/mol. The van der Waals surface area contributed by atoms with Gasteiger partial charge in [-0.05, 0) is 36.2 Å². The third-order valence-electron chi connectivity index (χ3n) is 5.86. The van der Waals surface area contributed by atoms with E-state index in [1.54, 1.807) is 48.3 Å². The fourth-order valence-electron chi connectivity index (χ4n) is 4.33. The summed E-state index contributed by atoms with van der Waals surface area (Å²) in [7, 11) is 1.81. The second-order valence-corrected chi connectivity index (χ2v) is 7.80. The van der Waals surface area contributed by atoms with Crippen molar-refractivity contribution in [2.24, 2.45) is 7.05 Å². The van der Waals surface area contributed by atoms with Crippen LogP contribution in [0.4, 0.5) is 4.39 Å². The van der Waals surface area contributed by atoms with Gasteiger partial charge in [-0.25, -0.2) is 9.37 Å². The molecule has 1 saturated heterocycles. The van der Waals surface area contributed by atoms with Gasteiger partial charge in [0, 0.05) is 36.7 Å². The number of hydrogen-bond donors (Lipinski definition) is 1. The molecule has 7 nitrogen and oxygen atoms in total. The van der Waals surface area contributed by atoms with Crippen LogP contribution in [-0.4, -0.2) is 38.2 Å². The summed E-state index contributed by atoms with van der Waals surface area (Å²) in [6, 6.07) is 11.2. The first kappa shape index (κ1) is 19.2. The van der Waals surface area contributed by atoms with Crippen molar-refractivity contribution in [3.05, 3.63) is 65.7 Å². The Bertz CT molecular complexity index is 1250. The number of halogens is 1. The summed E-state index contributed by atoms with van der Waals surface area (Å²) in [6.07, 6.45) is 2.15. The molecule has 1 N–H and O–H groups in total. The molecule has 1 fully saturated rings. The Morgan fingerprint density at radius 1 is 1.10 bits per heavy atom. The van der Waals surface area contributed by atoms with Gasteiger partial charge in [0.15, 0.2) is 0 Å². The number of piperidine rings is 1. The summed E-state index contributed by atoms with van der Waals surface area (Å²) in [6.45, 7) is 0.274. The van der Waals surface area contributed by atoms with Crippen LogP contribution in [0.3, 0.4) is 0 Å². The van der Waals surface area contributed by atoms with Gasteiger partial charge in [0.2, 0.25) is 11.8 Å². The van der Waals surface area contributed by atoms with Gasteiger partial charge >= 0.3 is 0 Å². The molecule has 3 aromatic rings. The summed E-state index contributed by atoms with van der Waals surface area (Å²) in [4.78, 5) is 42.6. The number of fused-ring (bicyclic) bond motifs is 1. The van der Waals surface area contributed by atoms with Crippen LogP contribution in [0.2, 0.25) is 0 Å².